The molecule has 2 rings (SSSR count). The highest BCUT2D eigenvalue weighted by Crippen LogP contribution is 2.44. The van der Waals surface area contributed by atoms with Gasteiger partial charge in [0.2, 0.25) is 0 Å². The molecule has 1 aliphatic carbocycles. The van der Waals surface area contributed by atoms with Crippen LogP contribution in [-0.4, -0.2) is 18.8 Å². The molecule has 1 aliphatic heterocycles. The highest BCUT2D eigenvalue weighted by molar-refractivity contribution is 4.93. The van der Waals surface area contributed by atoms with Crippen LogP contribution in [-0.2, 0) is 4.74 Å². The summed E-state index contributed by atoms with van der Waals surface area (Å²) in [7, 11) is 0. The van der Waals surface area contributed by atoms with Crippen LogP contribution in [0.5, 0.6) is 0 Å². The average Bonchev–Trinajstić information content (AvgIpc) is 2.43. The summed E-state index contributed by atoms with van der Waals surface area (Å²) in [5.74, 6) is 2.17. The third kappa shape index (κ3) is 1.50. The summed E-state index contributed by atoms with van der Waals surface area (Å²) in [5.41, 5.74) is 5.81. The zero-order valence-corrected chi connectivity index (χ0v) is 8.70. The number of hydrogen-bond donors (Lipinski definition) is 1. The van der Waals surface area contributed by atoms with Gasteiger partial charge in [-0.3, -0.25) is 0 Å². The summed E-state index contributed by atoms with van der Waals surface area (Å²) in [6.45, 7) is 5.38. The Kier molecular flexibility index (Phi) is 2.61. The van der Waals surface area contributed by atoms with E-state index in [1.807, 2.05) is 0 Å². The zero-order valence-electron chi connectivity index (χ0n) is 8.70. The minimum absolute atomic E-state index is 0.446. The Hall–Kier alpha value is -0.0800. The van der Waals surface area contributed by atoms with Crippen molar-refractivity contribution < 1.29 is 4.74 Å². The summed E-state index contributed by atoms with van der Waals surface area (Å²) in [4.78, 5) is 0. The van der Waals surface area contributed by atoms with Crippen molar-refractivity contribution >= 4 is 0 Å². The zero-order chi connectivity index (χ0) is 9.42. The lowest BCUT2D eigenvalue weighted by molar-refractivity contribution is 0.0138. The lowest BCUT2D eigenvalue weighted by atomic mass is 9.72. The van der Waals surface area contributed by atoms with Gasteiger partial charge >= 0.3 is 0 Å². The van der Waals surface area contributed by atoms with E-state index in [1.54, 1.807) is 0 Å². The molecule has 0 aromatic rings. The number of fused-ring (bicyclic) bond motifs is 1. The lowest BCUT2D eigenvalue weighted by Crippen LogP contribution is -2.36. The highest BCUT2D eigenvalue weighted by atomic mass is 16.5. The Morgan fingerprint density at radius 1 is 1.31 bits per heavy atom. The Bertz CT molecular complexity index is 177. The molecule has 0 spiro atoms. The van der Waals surface area contributed by atoms with Crippen molar-refractivity contribution in [2.45, 2.75) is 45.3 Å². The van der Waals surface area contributed by atoms with Crippen molar-refractivity contribution in [2.24, 2.45) is 23.5 Å². The van der Waals surface area contributed by atoms with E-state index in [-0.39, 0.29) is 0 Å². The molecular weight excluding hydrogens is 162 g/mol. The van der Waals surface area contributed by atoms with Gasteiger partial charge in [0.05, 0.1) is 12.2 Å². The molecule has 0 amide bonds. The van der Waals surface area contributed by atoms with Crippen LogP contribution in [0.25, 0.3) is 0 Å². The van der Waals surface area contributed by atoms with Crippen LogP contribution >= 0.6 is 0 Å². The third-order valence-corrected chi connectivity index (χ3v) is 4.08. The van der Waals surface area contributed by atoms with Gasteiger partial charge in [0, 0.05) is 0 Å². The van der Waals surface area contributed by atoms with Crippen LogP contribution in [0.15, 0.2) is 0 Å². The van der Waals surface area contributed by atoms with Crippen LogP contribution < -0.4 is 5.73 Å². The van der Waals surface area contributed by atoms with Crippen LogP contribution in [0.4, 0.5) is 0 Å². The monoisotopic (exact) mass is 183 g/mol. The van der Waals surface area contributed by atoms with Crippen molar-refractivity contribution in [3.8, 4) is 0 Å². The topological polar surface area (TPSA) is 35.2 Å². The molecule has 5 atom stereocenters. The van der Waals surface area contributed by atoms with Gasteiger partial charge < -0.3 is 10.5 Å². The molecule has 1 saturated carbocycles. The van der Waals surface area contributed by atoms with Gasteiger partial charge in [-0.15, -0.1) is 0 Å². The van der Waals surface area contributed by atoms with E-state index < -0.39 is 0 Å². The minimum atomic E-state index is 0.446. The summed E-state index contributed by atoms with van der Waals surface area (Å²) >= 11 is 0. The molecule has 0 aromatic heterocycles. The molecule has 0 bridgehead atoms. The second kappa shape index (κ2) is 3.58. The summed E-state index contributed by atoms with van der Waals surface area (Å²) in [6.07, 6.45) is 4.85. The molecule has 0 aromatic carbocycles. The van der Waals surface area contributed by atoms with E-state index in [1.165, 1.54) is 19.3 Å². The maximum absolute atomic E-state index is 5.95. The molecule has 2 fully saturated rings. The van der Waals surface area contributed by atoms with E-state index >= 15 is 0 Å². The van der Waals surface area contributed by atoms with Crippen molar-refractivity contribution in [1.29, 1.82) is 0 Å². The van der Waals surface area contributed by atoms with E-state index in [2.05, 4.69) is 13.8 Å². The molecule has 2 heteroatoms. The van der Waals surface area contributed by atoms with Crippen LogP contribution in [0.1, 0.15) is 33.1 Å². The molecule has 0 unspecified atom stereocenters. The van der Waals surface area contributed by atoms with Gasteiger partial charge in [-0.25, -0.2) is 0 Å². The molecule has 2 nitrogen and oxygen atoms in total. The third-order valence-electron chi connectivity index (χ3n) is 4.08. The molecular formula is C11H21NO. The van der Waals surface area contributed by atoms with Crippen molar-refractivity contribution in [2.75, 3.05) is 6.54 Å². The molecule has 1 heterocycles. The van der Waals surface area contributed by atoms with Gasteiger partial charge in [0.25, 0.3) is 0 Å². The maximum Gasteiger partial charge on any atom is 0.0613 e. The Balaban J connectivity index is 2.11. The lowest BCUT2D eigenvalue weighted by Gasteiger charge is -2.33. The van der Waals surface area contributed by atoms with E-state index in [0.29, 0.717) is 18.1 Å². The Morgan fingerprint density at radius 2 is 2.08 bits per heavy atom. The Morgan fingerprint density at radius 3 is 2.77 bits per heavy atom. The standard InChI is InChI=1S/C11H21NO/c1-7-8(2)13-10-5-3-4-9(6-12)11(7)10/h7-11H,3-6,12H2,1-2H3/t7-,8-,9+,10+,11+/m0/s1. The average molecular weight is 183 g/mol. The van der Waals surface area contributed by atoms with Gasteiger partial charge in [0.15, 0.2) is 0 Å². The van der Waals surface area contributed by atoms with Crippen molar-refractivity contribution in [3.05, 3.63) is 0 Å². The highest BCUT2D eigenvalue weighted by Gasteiger charge is 2.44. The normalized spacial score (nSPS) is 50.5. The second-order valence-electron chi connectivity index (χ2n) is 4.74. The second-order valence-corrected chi connectivity index (χ2v) is 4.74. The van der Waals surface area contributed by atoms with Gasteiger partial charge in [-0.05, 0) is 44.1 Å². The largest absolute Gasteiger partial charge is 0.375 e. The van der Waals surface area contributed by atoms with Crippen molar-refractivity contribution in [1.82, 2.24) is 0 Å². The molecule has 76 valence electrons. The number of nitrogens with two attached hydrogens (primary N) is 1. The van der Waals surface area contributed by atoms with E-state index in [0.717, 1.165) is 18.4 Å². The summed E-state index contributed by atoms with van der Waals surface area (Å²) < 4.78 is 5.95. The number of hydrogen-bond acceptors (Lipinski definition) is 2. The van der Waals surface area contributed by atoms with E-state index in [9.17, 15) is 0 Å². The number of ether oxygens (including phenoxy) is 1. The first kappa shape index (κ1) is 9.47. The fraction of sp³-hybridized carbons (Fsp3) is 1.00. The molecule has 13 heavy (non-hydrogen) atoms. The van der Waals surface area contributed by atoms with Crippen LogP contribution in [0.2, 0.25) is 0 Å². The molecule has 0 radical (unpaired) electrons. The smallest absolute Gasteiger partial charge is 0.0613 e. The quantitative estimate of drug-likeness (QED) is 0.672. The fourth-order valence-electron chi connectivity index (χ4n) is 3.18. The first-order valence-electron chi connectivity index (χ1n) is 5.59. The van der Waals surface area contributed by atoms with Crippen LogP contribution in [0.3, 0.4) is 0 Å². The molecule has 2 aliphatic rings. The summed E-state index contributed by atoms with van der Waals surface area (Å²) in [6, 6.07) is 0. The summed E-state index contributed by atoms with van der Waals surface area (Å²) in [5, 5.41) is 0. The first-order valence-corrected chi connectivity index (χ1v) is 5.59. The first-order chi connectivity index (χ1) is 6.24. The number of rotatable bonds is 1. The van der Waals surface area contributed by atoms with Crippen molar-refractivity contribution in [3.63, 3.8) is 0 Å². The van der Waals surface area contributed by atoms with Crippen LogP contribution in [0, 0.1) is 17.8 Å². The van der Waals surface area contributed by atoms with E-state index in [4.69, 9.17) is 10.5 Å². The predicted molar refractivity (Wildman–Crippen MR) is 53.4 cm³/mol. The Labute approximate surface area is 80.8 Å². The molecule has 2 N–H and O–H groups in total. The minimum Gasteiger partial charge on any atom is -0.375 e. The SMILES string of the molecule is C[C@@H]1[C@@H]2[C@@H](CN)CCC[C@H]2O[C@H]1C. The fourth-order valence-corrected chi connectivity index (χ4v) is 3.18. The van der Waals surface area contributed by atoms with Gasteiger partial charge in [-0.2, -0.15) is 0 Å². The maximum atomic E-state index is 5.95. The molecule has 1 saturated heterocycles. The van der Waals surface area contributed by atoms with Gasteiger partial charge in [-0.1, -0.05) is 13.3 Å². The predicted octanol–water partition coefficient (Wildman–Crippen LogP) is 1.78. The van der Waals surface area contributed by atoms with Gasteiger partial charge in [0.1, 0.15) is 0 Å².